The summed E-state index contributed by atoms with van der Waals surface area (Å²) in [5.41, 5.74) is 2.00. The van der Waals surface area contributed by atoms with Crippen LogP contribution in [0.25, 0.3) is 0 Å². The summed E-state index contributed by atoms with van der Waals surface area (Å²) in [7, 11) is 1.29. The lowest BCUT2D eigenvalue weighted by molar-refractivity contribution is -0.145. The van der Waals surface area contributed by atoms with Gasteiger partial charge in [0.25, 0.3) is 0 Å². The number of ether oxygens (including phenoxy) is 2. The number of methoxy groups -OCH3 is 1. The zero-order chi connectivity index (χ0) is 23.3. The van der Waals surface area contributed by atoms with E-state index in [9.17, 15) is 14.4 Å². The first kappa shape index (κ1) is 24.9. The van der Waals surface area contributed by atoms with Crippen LogP contribution in [0, 0.1) is 5.92 Å². The van der Waals surface area contributed by atoms with Crippen LogP contribution in [-0.2, 0) is 32.1 Å². The van der Waals surface area contributed by atoms with Crippen molar-refractivity contribution in [3.8, 4) is 0 Å². The lowest BCUT2D eigenvalue weighted by Gasteiger charge is -2.24. The van der Waals surface area contributed by atoms with Gasteiger partial charge in [0.05, 0.1) is 7.11 Å². The van der Waals surface area contributed by atoms with Gasteiger partial charge in [0.2, 0.25) is 5.91 Å². The molecule has 2 atom stereocenters. The van der Waals surface area contributed by atoms with Gasteiger partial charge in [-0.1, -0.05) is 74.5 Å². The van der Waals surface area contributed by atoms with Gasteiger partial charge in [0, 0.05) is 0 Å². The van der Waals surface area contributed by atoms with Gasteiger partial charge < -0.3 is 20.1 Å². The molecule has 0 saturated carbocycles. The van der Waals surface area contributed by atoms with Crippen LogP contribution in [0.3, 0.4) is 0 Å². The number of carbonyl (C=O) groups excluding carboxylic acids is 3. The summed E-state index contributed by atoms with van der Waals surface area (Å²) in [4.78, 5) is 37.3. The van der Waals surface area contributed by atoms with E-state index in [4.69, 9.17) is 9.47 Å². The van der Waals surface area contributed by atoms with Gasteiger partial charge in [-0.2, -0.15) is 0 Å². The SMILES string of the molecule is COC(=O)[C@@H](CCCc1ccccc1)NC(=O)[C@H](NC(=O)OCc1ccccc1)C(C)C. The summed E-state index contributed by atoms with van der Waals surface area (Å²) >= 11 is 0. The fourth-order valence-electron chi connectivity index (χ4n) is 3.23. The Morgan fingerprint density at radius 1 is 0.875 bits per heavy atom. The van der Waals surface area contributed by atoms with E-state index in [-0.39, 0.29) is 12.5 Å². The van der Waals surface area contributed by atoms with Crippen molar-refractivity contribution in [2.45, 2.75) is 51.8 Å². The minimum atomic E-state index is -0.848. The minimum absolute atomic E-state index is 0.101. The highest BCUT2D eigenvalue weighted by Gasteiger charge is 2.29. The predicted octanol–water partition coefficient (Wildman–Crippen LogP) is 3.62. The van der Waals surface area contributed by atoms with Crippen LogP contribution < -0.4 is 10.6 Å². The summed E-state index contributed by atoms with van der Waals surface area (Å²) in [6.07, 6.45) is 1.21. The Labute approximate surface area is 189 Å². The number of benzene rings is 2. The molecule has 2 amide bonds. The maximum Gasteiger partial charge on any atom is 0.408 e. The molecule has 2 rings (SSSR count). The average molecular weight is 441 g/mol. The number of nitrogens with one attached hydrogen (secondary N) is 2. The lowest BCUT2D eigenvalue weighted by atomic mass is 10.0. The number of carbonyl (C=O) groups is 3. The minimum Gasteiger partial charge on any atom is -0.467 e. The quantitative estimate of drug-likeness (QED) is 0.521. The average Bonchev–Trinajstić information content (AvgIpc) is 2.81. The van der Waals surface area contributed by atoms with Crippen molar-refractivity contribution >= 4 is 18.0 Å². The normalized spacial score (nSPS) is 12.5. The summed E-state index contributed by atoms with van der Waals surface area (Å²) in [5, 5.41) is 5.34. The molecule has 0 radical (unpaired) electrons. The van der Waals surface area contributed by atoms with Gasteiger partial charge in [0.1, 0.15) is 18.7 Å². The smallest absolute Gasteiger partial charge is 0.408 e. The molecule has 32 heavy (non-hydrogen) atoms. The molecule has 7 heteroatoms. The van der Waals surface area contributed by atoms with Gasteiger partial charge in [-0.05, 0) is 36.3 Å². The van der Waals surface area contributed by atoms with E-state index < -0.39 is 30.1 Å². The van der Waals surface area contributed by atoms with Crippen molar-refractivity contribution in [3.63, 3.8) is 0 Å². The van der Waals surface area contributed by atoms with E-state index in [0.717, 1.165) is 17.5 Å². The van der Waals surface area contributed by atoms with Crippen LogP contribution in [0.4, 0.5) is 4.79 Å². The van der Waals surface area contributed by atoms with E-state index in [1.165, 1.54) is 7.11 Å². The Hall–Kier alpha value is -3.35. The Morgan fingerprint density at radius 3 is 2.03 bits per heavy atom. The molecule has 7 nitrogen and oxygen atoms in total. The maximum atomic E-state index is 12.9. The first-order valence-electron chi connectivity index (χ1n) is 10.8. The van der Waals surface area contributed by atoms with Gasteiger partial charge in [-0.15, -0.1) is 0 Å². The molecule has 172 valence electrons. The van der Waals surface area contributed by atoms with E-state index in [2.05, 4.69) is 10.6 Å². The second kappa shape index (κ2) is 13.1. The van der Waals surface area contributed by atoms with Crippen molar-refractivity contribution in [3.05, 3.63) is 71.8 Å². The molecule has 0 aliphatic carbocycles. The third kappa shape index (κ3) is 8.41. The van der Waals surface area contributed by atoms with Crippen LogP contribution in [0.5, 0.6) is 0 Å². The van der Waals surface area contributed by atoms with Gasteiger partial charge in [0.15, 0.2) is 0 Å². The van der Waals surface area contributed by atoms with E-state index in [0.29, 0.717) is 12.8 Å². The molecule has 2 N–H and O–H groups in total. The summed E-state index contributed by atoms with van der Waals surface area (Å²) in [5.74, 6) is -1.17. The van der Waals surface area contributed by atoms with Crippen molar-refractivity contribution in [2.24, 2.45) is 5.92 Å². The largest absolute Gasteiger partial charge is 0.467 e. The highest BCUT2D eigenvalue weighted by Crippen LogP contribution is 2.10. The summed E-state index contributed by atoms with van der Waals surface area (Å²) in [6, 6.07) is 17.5. The fourth-order valence-corrected chi connectivity index (χ4v) is 3.23. The van der Waals surface area contributed by atoms with Crippen LogP contribution in [0.15, 0.2) is 60.7 Å². The first-order chi connectivity index (χ1) is 15.4. The molecule has 2 aromatic carbocycles. The van der Waals surface area contributed by atoms with Crippen LogP contribution in [-0.4, -0.2) is 37.2 Å². The Balaban J connectivity index is 1.91. The van der Waals surface area contributed by atoms with Crippen molar-refractivity contribution in [2.75, 3.05) is 7.11 Å². The zero-order valence-electron chi connectivity index (χ0n) is 18.9. The van der Waals surface area contributed by atoms with E-state index >= 15 is 0 Å². The van der Waals surface area contributed by atoms with Crippen molar-refractivity contribution in [1.82, 2.24) is 10.6 Å². The summed E-state index contributed by atoms with van der Waals surface area (Å²) < 4.78 is 10.1. The first-order valence-corrected chi connectivity index (χ1v) is 10.8. The third-order valence-electron chi connectivity index (χ3n) is 5.04. The van der Waals surface area contributed by atoms with Crippen molar-refractivity contribution < 1.29 is 23.9 Å². The topological polar surface area (TPSA) is 93.7 Å². The Kier molecular flexibility index (Phi) is 10.2. The molecule has 0 fully saturated rings. The van der Waals surface area contributed by atoms with Gasteiger partial charge in [-0.25, -0.2) is 9.59 Å². The second-order valence-corrected chi connectivity index (χ2v) is 7.89. The summed E-state index contributed by atoms with van der Waals surface area (Å²) in [6.45, 7) is 3.72. The van der Waals surface area contributed by atoms with E-state index in [1.54, 1.807) is 0 Å². The molecule has 0 aliphatic heterocycles. The number of hydrogen-bond acceptors (Lipinski definition) is 5. The predicted molar refractivity (Wildman–Crippen MR) is 122 cm³/mol. The Morgan fingerprint density at radius 2 is 1.47 bits per heavy atom. The number of rotatable bonds is 11. The monoisotopic (exact) mass is 440 g/mol. The molecule has 0 spiro atoms. The number of alkyl carbamates (subject to hydrolysis) is 1. The molecular formula is C25H32N2O5. The Bertz CT molecular complexity index is 855. The molecule has 2 aromatic rings. The third-order valence-corrected chi connectivity index (χ3v) is 5.04. The van der Waals surface area contributed by atoms with Crippen LogP contribution >= 0.6 is 0 Å². The number of hydrogen-bond donors (Lipinski definition) is 2. The van der Waals surface area contributed by atoms with Gasteiger partial charge in [-0.3, -0.25) is 4.79 Å². The van der Waals surface area contributed by atoms with Gasteiger partial charge >= 0.3 is 12.1 Å². The molecule has 0 unspecified atom stereocenters. The molecule has 0 saturated heterocycles. The molecule has 0 aromatic heterocycles. The number of esters is 1. The molecular weight excluding hydrogens is 408 g/mol. The fraction of sp³-hybridized carbons (Fsp3) is 0.400. The van der Waals surface area contributed by atoms with Crippen LogP contribution in [0.1, 0.15) is 37.8 Å². The molecule has 0 bridgehead atoms. The number of amides is 2. The standard InChI is InChI=1S/C25H32N2O5/c1-18(2)22(27-25(30)32-17-20-13-8-5-9-14-20)23(28)26-21(24(29)31-3)16-10-15-19-11-6-4-7-12-19/h4-9,11-14,18,21-22H,10,15-17H2,1-3H3,(H,26,28)(H,27,30)/t21-,22-/m1/s1. The van der Waals surface area contributed by atoms with E-state index in [1.807, 2.05) is 74.5 Å². The van der Waals surface area contributed by atoms with Crippen molar-refractivity contribution in [1.29, 1.82) is 0 Å². The zero-order valence-corrected chi connectivity index (χ0v) is 18.9. The highest BCUT2D eigenvalue weighted by atomic mass is 16.5. The highest BCUT2D eigenvalue weighted by molar-refractivity contribution is 5.89. The second-order valence-electron chi connectivity index (χ2n) is 7.89. The molecule has 0 aliphatic rings. The lowest BCUT2D eigenvalue weighted by Crippen LogP contribution is -2.54. The maximum absolute atomic E-state index is 12.9. The van der Waals surface area contributed by atoms with Crippen LogP contribution in [0.2, 0.25) is 0 Å². The number of aryl methyl sites for hydroxylation is 1. The molecule has 0 heterocycles.